The van der Waals surface area contributed by atoms with Crippen molar-refractivity contribution in [2.45, 2.75) is 84.4 Å². The zero-order valence-electron chi connectivity index (χ0n) is 20.3. The van der Waals surface area contributed by atoms with Gasteiger partial charge >= 0.3 is 12.1 Å². The van der Waals surface area contributed by atoms with Gasteiger partial charge in [-0.3, -0.25) is 9.69 Å². The molecule has 32 heavy (non-hydrogen) atoms. The summed E-state index contributed by atoms with van der Waals surface area (Å²) >= 11 is 0. The van der Waals surface area contributed by atoms with Crippen LogP contribution in [0.5, 0.6) is 0 Å². The van der Waals surface area contributed by atoms with Crippen LogP contribution in [0.2, 0.25) is 0 Å². The molecule has 0 N–H and O–H groups in total. The third-order valence-corrected chi connectivity index (χ3v) is 6.73. The Balaban J connectivity index is 2.39. The highest BCUT2D eigenvalue weighted by Crippen LogP contribution is 2.43. The molecule has 0 bridgehead atoms. The van der Waals surface area contributed by atoms with Gasteiger partial charge in [-0.05, 0) is 74.2 Å². The summed E-state index contributed by atoms with van der Waals surface area (Å²) in [5, 5.41) is 0. The molecule has 1 aliphatic carbocycles. The van der Waals surface area contributed by atoms with Gasteiger partial charge in [0.1, 0.15) is 0 Å². The van der Waals surface area contributed by atoms with Crippen molar-refractivity contribution in [3.8, 4) is 0 Å². The number of rotatable bonds is 10. The van der Waals surface area contributed by atoms with E-state index in [1.54, 1.807) is 12.1 Å². The lowest BCUT2D eigenvalue weighted by atomic mass is 9.70. The molecule has 1 aromatic rings. The normalized spacial score (nSPS) is 22.0. The van der Waals surface area contributed by atoms with Crippen molar-refractivity contribution in [2.24, 2.45) is 17.8 Å². The quantitative estimate of drug-likeness (QED) is 0.359. The molecule has 1 fully saturated rings. The highest BCUT2D eigenvalue weighted by molar-refractivity contribution is 5.69. The number of hydrogen-bond donors (Lipinski definition) is 0. The molecule has 0 unspecified atom stereocenters. The summed E-state index contributed by atoms with van der Waals surface area (Å²) in [7, 11) is 1.40. The van der Waals surface area contributed by atoms with Crippen molar-refractivity contribution < 1.29 is 22.7 Å². The van der Waals surface area contributed by atoms with Gasteiger partial charge in [0, 0.05) is 18.4 Å². The number of ether oxygens (including phenoxy) is 1. The molecule has 0 spiro atoms. The maximum Gasteiger partial charge on any atom is 0.416 e. The number of benzene rings is 1. The van der Waals surface area contributed by atoms with E-state index >= 15 is 0 Å². The van der Waals surface area contributed by atoms with Crippen molar-refractivity contribution >= 4 is 5.97 Å². The van der Waals surface area contributed by atoms with Crippen LogP contribution in [0.3, 0.4) is 0 Å². The van der Waals surface area contributed by atoms with Crippen LogP contribution in [0.4, 0.5) is 13.2 Å². The zero-order valence-corrected chi connectivity index (χ0v) is 20.3. The minimum Gasteiger partial charge on any atom is -0.469 e. The highest BCUT2D eigenvalue weighted by atomic mass is 19.4. The topological polar surface area (TPSA) is 29.5 Å². The van der Waals surface area contributed by atoms with Crippen molar-refractivity contribution in [3.05, 3.63) is 35.4 Å². The van der Waals surface area contributed by atoms with Gasteiger partial charge in [-0.25, -0.2) is 0 Å². The molecule has 2 rings (SSSR count). The van der Waals surface area contributed by atoms with E-state index in [2.05, 4.69) is 32.6 Å². The minimum absolute atomic E-state index is 0.0180. The van der Waals surface area contributed by atoms with Crippen LogP contribution in [0.25, 0.3) is 0 Å². The summed E-state index contributed by atoms with van der Waals surface area (Å²) in [5.41, 5.74) is 0.269. The predicted molar refractivity (Wildman–Crippen MR) is 122 cm³/mol. The second-order valence-corrected chi connectivity index (χ2v) is 10.1. The van der Waals surface area contributed by atoms with Crippen LogP contribution >= 0.6 is 0 Å². The minimum atomic E-state index is -4.35. The fourth-order valence-corrected chi connectivity index (χ4v) is 4.88. The van der Waals surface area contributed by atoms with Gasteiger partial charge in [0.15, 0.2) is 0 Å². The number of carbonyl (C=O) groups excluding carboxylic acids is 1. The average Bonchev–Trinajstić information content (AvgIpc) is 2.72. The Labute approximate surface area is 191 Å². The lowest BCUT2D eigenvalue weighted by Crippen LogP contribution is -2.46. The number of carbonyl (C=O) groups is 1. The Hall–Kier alpha value is -1.56. The van der Waals surface area contributed by atoms with Gasteiger partial charge in [-0.15, -0.1) is 0 Å². The van der Waals surface area contributed by atoms with Crippen molar-refractivity contribution in [1.29, 1.82) is 0 Å². The lowest BCUT2D eigenvalue weighted by molar-refractivity contribution is -0.142. The lowest BCUT2D eigenvalue weighted by Gasteiger charge is -2.45. The van der Waals surface area contributed by atoms with E-state index in [4.69, 9.17) is 4.74 Å². The van der Waals surface area contributed by atoms with Crippen molar-refractivity contribution in [1.82, 2.24) is 4.90 Å². The molecule has 3 nitrogen and oxygen atoms in total. The second kappa shape index (κ2) is 12.1. The largest absolute Gasteiger partial charge is 0.469 e. The van der Waals surface area contributed by atoms with E-state index in [0.29, 0.717) is 18.3 Å². The van der Waals surface area contributed by atoms with Crippen LogP contribution < -0.4 is 0 Å². The highest BCUT2D eigenvalue weighted by Gasteiger charge is 2.39. The molecule has 0 aliphatic heterocycles. The van der Waals surface area contributed by atoms with Crippen LogP contribution in [-0.2, 0) is 15.7 Å². The molecule has 0 aromatic heterocycles. The van der Waals surface area contributed by atoms with E-state index in [0.717, 1.165) is 50.8 Å². The first-order valence-electron chi connectivity index (χ1n) is 12.0. The molecule has 3 atom stereocenters. The summed E-state index contributed by atoms with van der Waals surface area (Å²) in [6.07, 6.45) is 1.02. The fraction of sp³-hybridized carbons (Fsp3) is 0.731. The number of hydrogen-bond acceptors (Lipinski definition) is 3. The average molecular weight is 456 g/mol. The van der Waals surface area contributed by atoms with Crippen molar-refractivity contribution in [2.75, 3.05) is 20.2 Å². The molecule has 1 aromatic carbocycles. The van der Waals surface area contributed by atoms with E-state index in [-0.39, 0.29) is 23.8 Å². The van der Waals surface area contributed by atoms with Gasteiger partial charge in [0.2, 0.25) is 0 Å². The maximum absolute atomic E-state index is 13.1. The summed E-state index contributed by atoms with van der Waals surface area (Å²) in [6, 6.07) is 5.83. The first-order valence-corrected chi connectivity index (χ1v) is 12.0. The predicted octanol–water partition coefficient (Wildman–Crippen LogP) is 6.92. The Kier molecular flexibility index (Phi) is 10.1. The monoisotopic (exact) mass is 455 g/mol. The summed E-state index contributed by atoms with van der Waals surface area (Å²) in [6.45, 7) is 10.8. The second-order valence-electron chi connectivity index (χ2n) is 10.1. The number of halogens is 3. The van der Waals surface area contributed by atoms with E-state index < -0.39 is 11.7 Å². The zero-order chi connectivity index (χ0) is 23.9. The van der Waals surface area contributed by atoms with Gasteiger partial charge in [-0.1, -0.05) is 46.2 Å². The van der Waals surface area contributed by atoms with Crippen LogP contribution in [0.15, 0.2) is 24.3 Å². The van der Waals surface area contributed by atoms with Gasteiger partial charge in [-0.2, -0.15) is 13.2 Å². The summed E-state index contributed by atoms with van der Waals surface area (Å²) in [4.78, 5) is 14.7. The molecule has 182 valence electrons. The maximum atomic E-state index is 13.1. The van der Waals surface area contributed by atoms with Gasteiger partial charge in [0.25, 0.3) is 0 Å². The molecule has 0 saturated heterocycles. The van der Waals surface area contributed by atoms with Crippen molar-refractivity contribution in [3.63, 3.8) is 0 Å². The smallest absolute Gasteiger partial charge is 0.416 e. The first-order chi connectivity index (χ1) is 15.0. The Morgan fingerprint density at radius 2 is 1.59 bits per heavy atom. The van der Waals surface area contributed by atoms with Crippen LogP contribution in [0.1, 0.15) is 83.3 Å². The molecule has 0 radical (unpaired) electrons. The third kappa shape index (κ3) is 7.79. The summed E-state index contributed by atoms with van der Waals surface area (Å²) in [5.74, 6) is 0.998. The third-order valence-electron chi connectivity index (χ3n) is 6.73. The Morgan fingerprint density at radius 3 is 2.06 bits per heavy atom. The molecule has 6 heteroatoms. The standard InChI is InChI=1S/C26H40F3NO2/c1-18(2)13-15-30(16-14-19(3)4)23-8-6-7-21(17-24(31)32-5)25(23)20-9-11-22(12-10-20)26(27,28)29/h9-12,18-19,21,23,25H,6-8,13-17H2,1-5H3/t21-,23-,25-/m1/s1. The van der Waals surface area contributed by atoms with E-state index in [1.165, 1.54) is 19.2 Å². The first kappa shape index (κ1) is 26.7. The number of alkyl halides is 3. The fourth-order valence-electron chi connectivity index (χ4n) is 4.88. The molecular formula is C26H40F3NO2. The van der Waals surface area contributed by atoms with Gasteiger partial charge in [0.05, 0.1) is 12.7 Å². The van der Waals surface area contributed by atoms with Crippen LogP contribution in [-0.4, -0.2) is 37.1 Å². The van der Waals surface area contributed by atoms with Gasteiger partial charge < -0.3 is 4.74 Å². The Bertz CT molecular complexity index is 688. The van der Waals surface area contributed by atoms with Crippen LogP contribution in [0, 0.1) is 17.8 Å². The number of nitrogens with zero attached hydrogens (tertiary/aromatic N) is 1. The Morgan fingerprint density at radius 1 is 1.03 bits per heavy atom. The molecule has 0 heterocycles. The molecule has 1 saturated carbocycles. The summed E-state index contributed by atoms with van der Waals surface area (Å²) < 4.78 is 44.4. The number of esters is 1. The molecule has 0 amide bonds. The molecular weight excluding hydrogens is 415 g/mol. The van der Waals surface area contributed by atoms with E-state index in [9.17, 15) is 18.0 Å². The SMILES string of the molecule is COC(=O)C[C@H]1CCC[C@@H](N(CCC(C)C)CCC(C)C)[C@@H]1c1ccc(C(F)(F)F)cc1. The van der Waals surface area contributed by atoms with E-state index in [1.807, 2.05) is 0 Å². The number of methoxy groups -OCH3 is 1. The molecule has 1 aliphatic rings.